The van der Waals surface area contributed by atoms with Crippen molar-refractivity contribution in [1.82, 2.24) is 19.1 Å². The van der Waals surface area contributed by atoms with Crippen molar-refractivity contribution in [2.24, 2.45) is 0 Å². The van der Waals surface area contributed by atoms with Crippen LogP contribution in [0.2, 0.25) is 0 Å². The molecule has 1 saturated heterocycles. The number of piperidine rings is 1. The monoisotopic (exact) mass is 520 g/mol. The highest BCUT2D eigenvalue weighted by Gasteiger charge is 2.31. The molecule has 4 heterocycles. The molecule has 0 bridgehead atoms. The molecular formula is C29H24F4N4O. The fraction of sp³-hybridized carbons (Fsp3) is 0.241. The second kappa shape index (κ2) is 9.40. The second-order valence-electron chi connectivity index (χ2n) is 9.70. The lowest BCUT2D eigenvalue weighted by molar-refractivity contribution is -0.137. The van der Waals surface area contributed by atoms with Gasteiger partial charge < -0.3 is 0 Å². The molecule has 0 N–H and O–H groups in total. The van der Waals surface area contributed by atoms with Crippen LogP contribution in [0.3, 0.4) is 0 Å². The molecule has 0 atom stereocenters. The lowest BCUT2D eigenvalue weighted by atomic mass is 9.89. The summed E-state index contributed by atoms with van der Waals surface area (Å²) in [7, 11) is 0. The van der Waals surface area contributed by atoms with E-state index in [0.29, 0.717) is 17.9 Å². The van der Waals surface area contributed by atoms with Crippen molar-refractivity contribution in [3.05, 3.63) is 112 Å². The number of benzene rings is 2. The van der Waals surface area contributed by atoms with Crippen LogP contribution in [-0.4, -0.2) is 32.2 Å². The molecule has 0 saturated carbocycles. The zero-order valence-electron chi connectivity index (χ0n) is 20.3. The first-order valence-electron chi connectivity index (χ1n) is 12.5. The quantitative estimate of drug-likeness (QED) is 0.268. The number of rotatable bonds is 4. The van der Waals surface area contributed by atoms with E-state index in [0.717, 1.165) is 59.4 Å². The summed E-state index contributed by atoms with van der Waals surface area (Å²) < 4.78 is 56.1. The van der Waals surface area contributed by atoms with Gasteiger partial charge in [-0.1, -0.05) is 30.3 Å². The predicted octanol–water partition coefficient (Wildman–Crippen LogP) is 6.13. The first-order chi connectivity index (χ1) is 18.3. The van der Waals surface area contributed by atoms with Gasteiger partial charge in [-0.15, -0.1) is 5.10 Å². The molecule has 6 rings (SSSR count). The summed E-state index contributed by atoms with van der Waals surface area (Å²) in [4.78, 5) is 15.6. The maximum absolute atomic E-state index is 14.4. The molecule has 1 aromatic heterocycles. The smallest absolute Gasteiger partial charge is 0.299 e. The van der Waals surface area contributed by atoms with Gasteiger partial charge in [0.15, 0.2) is 5.82 Å². The van der Waals surface area contributed by atoms with Crippen LogP contribution >= 0.6 is 0 Å². The molecule has 5 nitrogen and oxygen atoms in total. The van der Waals surface area contributed by atoms with E-state index in [2.05, 4.69) is 10.00 Å². The number of nitrogens with zero attached hydrogens (tertiary/aromatic N) is 4. The Morgan fingerprint density at radius 3 is 2.34 bits per heavy atom. The summed E-state index contributed by atoms with van der Waals surface area (Å²) in [6.45, 7) is 2.16. The number of halogens is 4. The van der Waals surface area contributed by atoms with Gasteiger partial charge in [-0.3, -0.25) is 14.1 Å². The average molecular weight is 521 g/mol. The van der Waals surface area contributed by atoms with Crippen molar-refractivity contribution in [2.45, 2.75) is 31.5 Å². The molecule has 0 radical (unpaired) electrons. The first kappa shape index (κ1) is 24.4. The third-order valence-electron chi connectivity index (χ3n) is 7.37. The molecule has 0 unspecified atom stereocenters. The number of hydrogen-bond acceptors (Lipinski definition) is 3. The van der Waals surface area contributed by atoms with E-state index in [4.69, 9.17) is 0 Å². The van der Waals surface area contributed by atoms with Crippen molar-refractivity contribution in [3.8, 4) is 17.1 Å². The topological polar surface area (TPSA) is 42.5 Å². The standard InChI is InChI=1S/C29H24F4N4O/c30-24-5-1-2-7-26(24)37-28(38)23-17-21(25-6-3-4-14-36(25)27(23)34-37)18-35-15-12-20(13-16-35)19-8-10-22(11-9-19)29(31,32)33/h1-11,14,17,20H,12-13,15-16,18H2. The normalized spacial score (nSPS) is 15.5. The molecular weight excluding hydrogens is 496 g/mol. The lowest BCUT2D eigenvalue weighted by Gasteiger charge is -2.32. The van der Waals surface area contributed by atoms with E-state index in [1.54, 1.807) is 24.3 Å². The van der Waals surface area contributed by atoms with E-state index >= 15 is 0 Å². The Hall–Kier alpha value is -3.98. The van der Waals surface area contributed by atoms with Gasteiger partial charge in [-0.05, 0) is 85.4 Å². The number of aromatic nitrogens is 3. The summed E-state index contributed by atoms with van der Waals surface area (Å²) in [5.74, 6) is 0.135. The van der Waals surface area contributed by atoms with Gasteiger partial charge >= 0.3 is 6.18 Å². The molecule has 9 heteroatoms. The van der Waals surface area contributed by atoms with E-state index in [1.807, 2.05) is 34.9 Å². The van der Waals surface area contributed by atoms with Crippen molar-refractivity contribution in [3.63, 3.8) is 0 Å². The summed E-state index contributed by atoms with van der Waals surface area (Å²) >= 11 is 0. The lowest BCUT2D eigenvalue weighted by Crippen LogP contribution is -2.32. The van der Waals surface area contributed by atoms with E-state index in [-0.39, 0.29) is 17.2 Å². The Morgan fingerprint density at radius 2 is 1.63 bits per heavy atom. The van der Waals surface area contributed by atoms with Gasteiger partial charge in [0.25, 0.3) is 5.56 Å². The van der Waals surface area contributed by atoms with Crippen molar-refractivity contribution in [2.75, 3.05) is 13.1 Å². The predicted molar refractivity (Wildman–Crippen MR) is 136 cm³/mol. The highest BCUT2D eigenvalue weighted by molar-refractivity contribution is 5.69. The fourth-order valence-corrected chi connectivity index (χ4v) is 5.37. The van der Waals surface area contributed by atoms with Crippen LogP contribution in [0.1, 0.15) is 35.4 Å². The molecule has 3 aromatic rings. The largest absolute Gasteiger partial charge is 0.416 e. The Labute approximate surface area is 215 Å². The minimum absolute atomic E-state index is 0.102. The van der Waals surface area contributed by atoms with Crippen LogP contribution in [0, 0.1) is 5.82 Å². The SMILES string of the molecule is O=c1c2cc(CN3CCC(c4ccc(C(F)(F)F)cc4)CC3)c3ccccn3c-2nn1-c1ccccc1F. The second-order valence-corrected chi connectivity index (χ2v) is 9.70. The number of alkyl halides is 3. The molecule has 1 fully saturated rings. The minimum Gasteiger partial charge on any atom is -0.299 e. The van der Waals surface area contributed by atoms with Crippen LogP contribution in [0.15, 0.2) is 83.8 Å². The van der Waals surface area contributed by atoms with Crippen LogP contribution in [-0.2, 0) is 12.7 Å². The molecule has 3 aliphatic heterocycles. The minimum atomic E-state index is -4.33. The van der Waals surface area contributed by atoms with Gasteiger partial charge in [0.1, 0.15) is 11.5 Å². The maximum atomic E-state index is 14.4. The first-order valence-corrected chi connectivity index (χ1v) is 12.5. The summed E-state index contributed by atoms with van der Waals surface area (Å²) in [5.41, 5.74) is 2.29. The van der Waals surface area contributed by atoms with Gasteiger partial charge in [-0.25, -0.2) is 4.39 Å². The average Bonchev–Trinajstić information content (AvgIpc) is 3.25. The Bertz CT molecular complexity index is 1630. The number of pyridine rings is 2. The maximum Gasteiger partial charge on any atom is 0.416 e. The van der Waals surface area contributed by atoms with E-state index < -0.39 is 17.6 Å². The number of likely N-dealkylation sites (tertiary alicyclic amines) is 1. The highest BCUT2D eigenvalue weighted by Crippen LogP contribution is 2.34. The Balaban J connectivity index is 1.27. The van der Waals surface area contributed by atoms with Crippen molar-refractivity contribution >= 4 is 5.52 Å². The summed E-state index contributed by atoms with van der Waals surface area (Å²) in [5, 5.41) is 4.47. The van der Waals surface area contributed by atoms with Crippen LogP contribution in [0.5, 0.6) is 0 Å². The Kier molecular flexibility index (Phi) is 6.03. The van der Waals surface area contributed by atoms with Gasteiger partial charge in [0, 0.05) is 12.7 Å². The molecule has 38 heavy (non-hydrogen) atoms. The zero-order valence-corrected chi connectivity index (χ0v) is 20.3. The number of fused-ring (bicyclic) bond motifs is 3. The summed E-state index contributed by atoms with van der Waals surface area (Å²) in [6.07, 6.45) is -0.830. The highest BCUT2D eigenvalue weighted by atomic mass is 19.4. The van der Waals surface area contributed by atoms with Crippen molar-refractivity contribution < 1.29 is 17.6 Å². The van der Waals surface area contributed by atoms with E-state index in [1.165, 1.54) is 12.1 Å². The Morgan fingerprint density at radius 1 is 0.921 bits per heavy atom. The van der Waals surface area contributed by atoms with Gasteiger partial charge in [-0.2, -0.15) is 17.9 Å². The fourth-order valence-electron chi connectivity index (χ4n) is 5.37. The van der Waals surface area contributed by atoms with Crippen LogP contribution in [0.4, 0.5) is 17.6 Å². The zero-order chi connectivity index (χ0) is 26.4. The molecule has 0 amide bonds. The van der Waals surface area contributed by atoms with Gasteiger partial charge in [0.05, 0.1) is 16.6 Å². The van der Waals surface area contributed by atoms with Crippen LogP contribution < -0.4 is 5.56 Å². The van der Waals surface area contributed by atoms with Gasteiger partial charge in [0.2, 0.25) is 0 Å². The molecule has 0 spiro atoms. The van der Waals surface area contributed by atoms with Crippen LogP contribution in [0.25, 0.3) is 22.6 Å². The molecule has 194 valence electrons. The number of para-hydroxylation sites is 1. The molecule has 3 aliphatic rings. The molecule has 0 aliphatic carbocycles. The van der Waals surface area contributed by atoms with E-state index in [9.17, 15) is 22.4 Å². The third-order valence-corrected chi connectivity index (χ3v) is 7.37. The molecule has 2 aromatic carbocycles. The van der Waals surface area contributed by atoms with Crippen molar-refractivity contribution in [1.29, 1.82) is 0 Å². The third kappa shape index (κ3) is 4.36. The number of hydrogen-bond donors (Lipinski definition) is 0. The summed E-state index contributed by atoms with van der Waals surface area (Å²) in [6, 6.07) is 19.1.